The SMILES string of the molecule is CCCCCCC/C=C\C/C=C\C/C=C\CCCCCCCCC(=O)OC(COC(=O)CCCCCCC/C=C\CCCCCCC)COC(=O)CCCCCCCCCCCCCCCCCCCCCCCCCC. The molecule has 0 aliphatic carbocycles. The van der Waals surface area contributed by atoms with Gasteiger partial charge in [0.2, 0.25) is 0 Å². The molecule has 450 valence electrons. The average molecular weight is 1080 g/mol. The third-order valence-electron chi connectivity index (χ3n) is 15.3. The highest BCUT2D eigenvalue weighted by molar-refractivity contribution is 5.71. The second-order valence-corrected chi connectivity index (χ2v) is 23.1. The van der Waals surface area contributed by atoms with Gasteiger partial charge in [0.05, 0.1) is 0 Å². The number of hydrogen-bond acceptors (Lipinski definition) is 6. The summed E-state index contributed by atoms with van der Waals surface area (Å²) in [7, 11) is 0. The van der Waals surface area contributed by atoms with E-state index in [-0.39, 0.29) is 31.1 Å². The summed E-state index contributed by atoms with van der Waals surface area (Å²) in [5, 5.41) is 0. The normalized spacial score (nSPS) is 12.3. The molecule has 1 atom stereocenters. The lowest BCUT2D eigenvalue weighted by atomic mass is 10.0. The van der Waals surface area contributed by atoms with E-state index >= 15 is 0 Å². The molecule has 0 amide bonds. The highest BCUT2D eigenvalue weighted by Crippen LogP contribution is 2.18. The van der Waals surface area contributed by atoms with Crippen LogP contribution in [0.4, 0.5) is 0 Å². The molecule has 0 spiro atoms. The van der Waals surface area contributed by atoms with Crippen molar-refractivity contribution in [3.05, 3.63) is 48.6 Å². The first-order chi connectivity index (χ1) is 38.0. The number of esters is 3. The van der Waals surface area contributed by atoms with Gasteiger partial charge >= 0.3 is 17.9 Å². The van der Waals surface area contributed by atoms with Gasteiger partial charge in [0, 0.05) is 19.3 Å². The molecule has 0 radical (unpaired) electrons. The van der Waals surface area contributed by atoms with Gasteiger partial charge in [-0.1, -0.05) is 313 Å². The smallest absolute Gasteiger partial charge is 0.306 e. The minimum absolute atomic E-state index is 0.0774. The number of carbonyl (C=O) groups is 3. The molecule has 0 aromatic rings. The van der Waals surface area contributed by atoms with E-state index in [0.29, 0.717) is 19.3 Å². The number of ether oxygens (including phenoxy) is 3. The van der Waals surface area contributed by atoms with Gasteiger partial charge in [-0.05, 0) is 83.5 Å². The van der Waals surface area contributed by atoms with E-state index in [2.05, 4.69) is 69.4 Å². The molecule has 0 aliphatic rings. The molecule has 77 heavy (non-hydrogen) atoms. The minimum Gasteiger partial charge on any atom is -0.462 e. The number of rotatable bonds is 63. The fourth-order valence-corrected chi connectivity index (χ4v) is 10.2. The monoisotopic (exact) mass is 1080 g/mol. The molecule has 0 rings (SSSR count). The van der Waals surface area contributed by atoms with Gasteiger partial charge in [-0.25, -0.2) is 0 Å². The third-order valence-corrected chi connectivity index (χ3v) is 15.3. The Hall–Kier alpha value is -2.63. The zero-order valence-electron chi connectivity index (χ0n) is 51.7. The van der Waals surface area contributed by atoms with Gasteiger partial charge in [-0.3, -0.25) is 14.4 Å². The summed E-state index contributed by atoms with van der Waals surface area (Å²) < 4.78 is 17.0. The van der Waals surface area contributed by atoms with E-state index < -0.39 is 6.10 Å². The summed E-state index contributed by atoms with van der Waals surface area (Å²) in [5.41, 5.74) is 0. The Kier molecular flexibility index (Phi) is 63.6. The molecule has 0 aromatic heterocycles. The van der Waals surface area contributed by atoms with E-state index in [1.165, 1.54) is 244 Å². The maximum Gasteiger partial charge on any atom is 0.306 e. The molecular weight excluding hydrogens is 949 g/mol. The Morgan fingerprint density at radius 1 is 0.260 bits per heavy atom. The fraction of sp³-hybridized carbons (Fsp3) is 0.845. The Morgan fingerprint density at radius 3 is 0.740 bits per heavy atom. The summed E-state index contributed by atoms with van der Waals surface area (Å²) in [6.45, 7) is 6.66. The van der Waals surface area contributed by atoms with Crippen molar-refractivity contribution in [1.82, 2.24) is 0 Å². The fourth-order valence-electron chi connectivity index (χ4n) is 10.2. The number of allylic oxidation sites excluding steroid dienone is 8. The zero-order valence-corrected chi connectivity index (χ0v) is 51.7. The van der Waals surface area contributed by atoms with E-state index in [4.69, 9.17) is 14.2 Å². The second kappa shape index (κ2) is 65.9. The quantitative estimate of drug-likeness (QED) is 0.0261. The molecule has 0 fully saturated rings. The maximum absolute atomic E-state index is 12.9. The number of unbranched alkanes of at least 4 members (excludes halogenated alkanes) is 44. The van der Waals surface area contributed by atoms with Crippen LogP contribution >= 0.6 is 0 Å². The average Bonchev–Trinajstić information content (AvgIpc) is 3.43. The molecule has 0 heterocycles. The highest BCUT2D eigenvalue weighted by atomic mass is 16.6. The summed E-state index contributed by atoms with van der Waals surface area (Å²) in [6.07, 6.45) is 82.7. The summed E-state index contributed by atoms with van der Waals surface area (Å²) in [4.78, 5) is 38.4. The molecule has 1 unspecified atom stereocenters. The molecule has 0 aromatic carbocycles. The summed E-state index contributed by atoms with van der Waals surface area (Å²) in [5.74, 6) is -0.876. The molecule has 0 saturated carbocycles. The number of hydrogen-bond donors (Lipinski definition) is 0. The molecule has 0 aliphatic heterocycles. The lowest BCUT2D eigenvalue weighted by Crippen LogP contribution is -2.30. The maximum atomic E-state index is 12.9. The van der Waals surface area contributed by atoms with E-state index in [0.717, 1.165) is 83.5 Å². The van der Waals surface area contributed by atoms with Crippen molar-refractivity contribution in [3.8, 4) is 0 Å². The van der Waals surface area contributed by atoms with Crippen LogP contribution < -0.4 is 0 Å². The van der Waals surface area contributed by atoms with Crippen LogP contribution in [-0.2, 0) is 28.6 Å². The van der Waals surface area contributed by atoms with Crippen LogP contribution in [0.25, 0.3) is 0 Å². The van der Waals surface area contributed by atoms with Crippen LogP contribution in [0.5, 0.6) is 0 Å². The van der Waals surface area contributed by atoms with Crippen LogP contribution in [0.1, 0.15) is 367 Å². The Bertz CT molecular complexity index is 1330. The van der Waals surface area contributed by atoms with Crippen LogP contribution in [0.2, 0.25) is 0 Å². The number of carbonyl (C=O) groups excluding carboxylic acids is 3. The van der Waals surface area contributed by atoms with Crippen LogP contribution in [-0.4, -0.2) is 37.2 Å². The summed E-state index contributed by atoms with van der Waals surface area (Å²) in [6, 6.07) is 0. The first-order valence-electron chi connectivity index (χ1n) is 34.1. The molecule has 6 nitrogen and oxygen atoms in total. The van der Waals surface area contributed by atoms with E-state index in [1.807, 2.05) is 0 Å². The molecule has 0 N–H and O–H groups in total. The molecule has 0 bridgehead atoms. The summed E-state index contributed by atoms with van der Waals surface area (Å²) >= 11 is 0. The first kappa shape index (κ1) is 74.4. The first-order valence-corrected chi connectivity index (χ1v) is 34.1. The molecule has 0 saturated heterocycles. The minimum atomic E-state index is -0.783. The zero-order chi connectivity index (χ0) is 55.7. The van der Waals surface area contributed by atoms with E-state index in [9.17, 15) is 14.4 Å². The topological polar surface area (TPSA) is 78.9 Å². The van der Waals surface area contributed by atoms with Gasteiger partial charge in [-0.15, -0.1) is 0 Å². The van der Waals surface area contributed by atoms with E-state index in [1.54, 1.807) is 0 Å². The van der Waals surface area contributed by atoms with Crippen molar-refractivity contribution in [2.75, 3.05) is 13.2 Å². The largest absolute Gasteiger partial charge is 0.462 e. The lowest BCUT2D eigenvalue weighted by Gasteiger charge is -2.18. The van der Waals surface area contributed by atoms with Gasteiger partial charge < -0.3 is 14.2 Å². The lowest BCUT2D eigenvalue weighted by molar-refractivity contribution is -0.167. The second-order valence-electron chi connectivity index (χ2n) is 23.1. The van der Waals surface area contributed by atoms with Crippen LogP contribution in [0.3, 0.4) is 0 Å². The van der Waals surface area contributed by atoms with Gasteiger partial charge in [0.1, 0.15) is 13.2 Å². The van der Waals surface area contributed by atoms with Crippen LogP contribution in [0, 0.1) is 0 Å². The predicted octanol–water partition coefficient (Wildman–Crippen LogP) is 23.3. The van der Waals surface area contributed by atoms with Gasteiger partial charge in [-0.2, -0.15) is 0 Å². The Morgan fingerprint density at radius 2 is 0.468 bits per heavy atom. The van der Waals surface area contributed by atoms with Gasteiger partial charge in [0.25, 0.3) is 0 Å². The Balaban J connectivity index is 4.30. The molecular formula is C71H130O6. The van der Waals surface area contributed by atoms with Crippen molar-refractivity contribution in [1.29, 1.82) is 0 Å². The van der Waals surface area contributed by atoms with Crippen molar-refractivity contribution in [2.45, 2.75) is 374 Å². The Labute approximate surface area is 479 Å². The highest BCUT2D eigenvalue weighted by Gasteiger charge is 2.19. The van der Waals surface area contributed by atoms with Crippen LogP contribution in [0.15, 0.2) is 48.6 Å². The predicted molar refractivity (Wildman–Crippen MR) is 335 cm³/mol. The van der Waals surface area contributed by atoms with Crippen molar-refractivity contribution in [2.24, 2.45) is 0 Å². The standard InChI is InChI=1S/C71H130O6/c1-4-7-10-13-16-19-22-25-28-30-32-34-35-36-38-39-41-43-46-49-52-55-58-61-64-70(73)76-67-68(66-75-69(72)63-60-57-54-51-48-45-27-24-21-18-15-12-9-6-3)77-71(74)65-62-59-56-53-50-47-44-42-40-37-33-31-29-26-23-20-17-14-11-8-5-2/h23-24,26-27,31,33,40,42,68H,4-22,25,28-30,32,34-39,41,43-67H2,1-3H3/b26-23-,27-24-,33-31-,42-40-. The third kappa shape index (κ3) is 64.1. The van der Waals surface area contributed by atoms with Gasteiger partial charge in [0.15, 0.2) is 6.10 Å². The molecule has 6 heteroatoms. The van der Waals surface area contributed by atoms with Crippen molar-refractivity contribution in [3.63, 3.8) is 0 Å². The van der Waals surface area contributed by atoms with Crippen molar-refractivity contribution < 1.29 is 28.6 Å². The van der Waals surface area contributed by atoms with Crippen molar-refractivity contribution >= 4 is 17.9 Å².